The lowest BCUT2D eigenvalue weighted by molar-refractivity contribution is 0.0130. The van der Waals surface area contributed by atoms with Crippen molar-refractivity contribution in [3.8, 4) is 5.75 Å². The summed E-state index contributed by atoms with van der Waals surface area (Å²) in [7, 11) is 0. The molecule has 4 heteroatoms. The summed E-state index contributed by atoms with van der Waals surface area (Å²) in [5, 5.41) is 12.6. The van der Waals surface area contributed by atoms with E-state index >= 15 is 0 Å². The van der Waals surface area contributed by atoms with Gasteiger partial charge < -0.3 is 15.2 Å². The summed E-state index contributed by atoms with van der Waals surface area (Å²) in [6.45, 7) is 3.69. The fourth-order valence-corrected chi connectivity index (χ4v) is 1.95. The van der Waals surface area contributed by atoms with Crippen LogP contribution in [0.3, 0.4) is 0 Å². The van der Waals surface area contributed by atoms with Gasteiger partial charge >= 0.3 is 0 Å². The van der Waals surface area contributed by atoms with E-state index in [1.54, 1.807) is 6.07 Å². The van der Waals surface area contributed by atoms with Crippen molar-refractivity contribution in [2.75, 3.05) is 6.61 Å². The van der Waals surface area contributed by atoms with Crippen LogP contribution in [0.4, 0.5) is 0 Å². The SMILES string of the molecule is CC1CC(NCc2ccc(O)cn2)CCO1. The Kier molecular flexibility index (Phi) is 3.74. The number of rotatable bonds is 3. The average molecular weight is 222 g/mol. The van der Waals surface area contributed by atoms with E-state index in [0.29, 0.717) is 12.1 Å². The van der Waals surface area contributed by atoms with Crippen molar-refractivity contribution in [2.24, 2.45) is 0 Å². The third-order valence-corrected chi connectivity index (χ3v) is 2.87. The number of hydrogen-bond acceptors (Lipinski definition) is 4. The first-order valence-electron chi connectivity index (χ1n) is 5.73. The number of ether oxygens (including phenoxy) is 1. The maximum Gasteiger partial charge on any atom is 0.133 e. The van der Waals surface area contributed by atoms with Gasteiger partial charge in [0.05, 0.1) is 18.0 Å². The number of pyridine rings is 1. The fourth-order valence-electron chi connectivity index (χ4n) is 1.95. The molecule has 2 N–H and O–H groups in total. The van der Waals surface area contributed by atoms with Gasteiger partial charge in [0.25, 0.3) is 0 Å². The van der Waals surface area contributed by atoms with E-state index in [1.165, 1.54) is 6.20 Å². The lowest BCUT2D eigenvalue weighted by atomic mass is 10.0. The average Bonchev–Trinajstić information content (AvgIpc) is 2.28. The minimum absolute atomic E-state index is 0.212. The third kappa shape index (κ3) is 3.18. The zero-order valence-electron chi connectivity index (χ0n) is 9.52. The van der Waals surface area contributed by atoms with E-state index in [2.05, 4.69) is 17.2 Å². The molecule has 0 radical (unpaired) electrons. The lowest BCUT2D eigenvalue weighted by Crippen LogP contribution is -2.37. The van der Waals surface area contributed by atoms with Gasteiger partial charge in [-0.05, 0) is 31.9 Å². The highest BCUT2D eigenvalue weighted by molar-refractivity contribution is 5.17. The topological polar surface area (TPSA) is 54.4 Å². The number of hydrogen-bond donors (Lipinski definition) is 2. The van der Waals surface area contributed by atoms with Crippen LogP contribution in [0.25, 0.3) is 0 Å². The minimum Gasteiger partial charge on any atom is -0.506 e. The largest absolute Gasteiger partial charge is 0.506 e. The molecule has 1 aliphatic rings. The van der Waals surface area contributed by atoms with Crippen molar-refractivity contribution in [3.05, 3.63) is 24.0 Å². The molecule has 2 atom stereocenters. The Labute approximate surface area is 95.7 Å². The Hall–Kier alpha value is -1.13. The molecule has 0 saturated carbocycles. The number of aromatic hydroxyl groups is 1. The van der Waals surface area contributed by atoms with E-state index in [0.717, 1.165) is 31.7 Å². The normalized spacial score (nSPS) is 25.6. The van der Waals surface area contributed by atoms with Gasteiger partial charge in [0.15, 0.2) is 0 Å². The standard InChI is InChI=1S/C12H18N2O2/c1-9-6-10(4-5-16-9)13-7-11-2-3-12(15)8-14-11/h2-3,8-10,13,15H,4-7H2,1H3. The van der Waals surface area contributed by atoms with Crippen LogP contribution in [0, 0.1) is 0 Å². The second-order valence-electron chi connectivity index (χ2n) is 4.29. The molecule has 4 nitrogen and oxygen atoms in total. The molecule has 0 aromatic carbocycles. The summed E-state index contributed by atoms with van der Waals surface area (Å²) in [5.74, 6) is 0.212. The van der Waals surface area contributed by atoms with Crippen molar-refractivity contribution in [3.63, 3.8) is 0 Å². The molecular formula is C12H18N2O2. The number of aromatic nitrogens is 1. The van der Waals surface area contributed by atoms with Gasteiger partial charge in [0.1, 0.15) is 5.75 Å². The summed E-state index contributed by atoms with van der Waals surface area (Å²) in [6, 6.07) is 4.01. The van der Waals surface area contributed by atoms with E-state index in [9.17, 15) is 0 Å². The van der Waals surface area contributed by atoms with Gasteiger partial charge in [-0.3, -0.25) is 4.98 Å². The monoisotopic (exact) mass is 222 g/mol. The summed E-state index contributed by atoms with van der Waals surface area (Å²) in [5.41, 5.74) is 0.956. The maximum atomic E-state index is 9.11. The second kappa shape index (κ2) is 5.27. The molecule has 1 aliphatic heterocycles. The van der Waals surface area contributed by atoms with Crippen LogP contribution in [0.1, 0.15) is 25.5 Å². The van der Waals surface area contributed by atoms with Crippen LogP contribution in [0.5, 0.6) is 5.75 Å². The lowest BCUT2D eigenvalue weighted by Gasteiger charge is -2.27. The van der Waals surface area contributed by atoms with Crippen molar-refractivity contribution in [1.82, 2.24) is 10.3 Å². The van der Waals surface area contributed by atoms with Crippen LogP contribution < -0.4 is 5.32 Å². The Bertz CT molecular complexity index is 326. The summed E-state index contributed by atoms with van der Waals surface area (Å²) < 4.78 is 5.49. The second-order valence-corrected chi connectivity index (χ2v) is 4.29. The number of nitrogens with one attached hydrogen (secondary N) is 1. The van der Waals surface area contributed by atoms with Crippen molar-refractivity contribution in [2.45, 2.75) is 38.5 Å². The van der Waals surface area contributed by atoms with Crippen LogP contribution in [0.2, 0.25) is 0 Å². The van der Waals surface area contributed by atoms with Crippen LogP contribution in [-0.4, -0.2) is 28.8 Å². The Balaban J connectivity index is 1.80. The van der Waals surface area contributed by atoms with Gasteiger partial charge in [-0.2, -0.15) is 0 Å². The van der Waals surface area contributed by atoms with E-state index in [-0.39, 0.29) is 5.75 Å². The molecule has 1 saturated heterocycles. The zero-order chi connectivity index (χ0) is 11.4. The first-order valence-corrected chi connectivity index (χ1v) is 5.73. The van der Waals surface area contributed by atoms with Crippen molar-refractivity contribution in [1.29, 1.82) is 0 Å². The van der Waals surface area contributed by atoms with Crippen LogP contribution in [0.15, 0.2) is 18.3 Å². The van der Waals surface area contributed by atoms with Gasteiger partial charge in [-0.15, -0.1) is 0 Å². The fraction of sp³-hybridized carbons (Fsp3) is 0.583. The molecule has 0 aliphatic carbocycles. The molecule has 0 bridgehead atoms. The highest BCUT2D eigenvalue weighted by Crippen LogP contribution is 2.13. The molecule has 2 unspecified atom stereocenters. The first-order chi connectivity index (χ1) is 7.74. The molecule has 1 aromatic rings. The molecule has 16 heavy (non-hydrogen) atoms. The Morgan fingerprint density at radius 3 is 3.12 bits per heavy atom. The first kappa shape index (κ1) is 11.4. The smallest absolute Gasteiger partial charge is 0.133 e. The molecule has 1 fully saturated rings. The molecule has 0 amide bonds. The zero-order valence-corrected chi connectivity index (χ0v) is 9.52. The van der Waals surface area contributed by atoms with Gasteiger partial charge in [0.2, 0.25) is 0 Å². The van der Waals surface area contributed by atoms with E-state index in [4.69, 9.17) is 9.84 Å². The Morgan fingerprint density at radius 1 is 1.56 bits per heavy atom. The predicted molar refractivity (Wildman–Crippen MR) is 61.2 cm³/mol. The van der Waals surface area contributed by atoms with E-state index in [1.807, 2.05) is 6.07 Å². The summed E-state index contributed by atoms with van der Waals surface area (Å²) in [6.07, 6.45) is 3.93. The van der Waals surface area contributed by atoms with Crippen molar-refractivity contribution < 1.29 is 9.84 Å². The summed E-state index contributed by atoms with van der Waals surface area (Å²) >= 11 is 0. The summed E-state index contributed by atoms with van der Waals surface area (Å²) in [4.78, 5) is 4.14. The molecular weight excluding hydrogens is 204 g/mol. The molecule has 2 rings (SSSR count). The Morgan fingerprint density at radius 2 is 2.44 bits per heavy atom. The molecule has 2 heterocycles. The molecule has 0 spiro atoms. The van der Waals surface area contributed by atoms with Gasteiger partial charge in [-0.25, -0.2) is 0 Å². The minimum atomic E-state index is 0.212. The molecule has 88 valence electrons. The predicted octanol–water partition coefficient (Wildman–Crippen LogP) is 1.44. The highest BCUT2D eigenvalue weighted by atomic mass is 16.5. The highest BCUT2D eigenvalue weighted by Gasteiger charge is 2.18. The van der Waals surface area contributed by atoms with Crippen LogP contribution >= 0.6 is 0 Å². The third-order valence-electron chi connectivity index (χ3n) is 2.87. The van der Waals surface area contributed by atoms with Crippen molar-refractivity contribution >= 4 is 0 Å². The molecule has 1 aromatic heterocycles. The van der Waals surface area contributed by atoms with Crippen LogP contribution in [-0.2, 0) is 11.3 Å². The quantitative estimate of drug-likeness (QED) is 0.812. The van der Waals surface area contributed by atoms with E-state index < -0.39 is 0 Å². The number of nitrogens with zero attached hydrogens (tertiary/aromatic N) is 1. The van der Waals surface area contributed by atoms with Gasteiger partial charge in [0, 0.05) is 19.2 Å². The van der Waals surface area contributed by atoms with Gasteiger partial charge in [-0.1, -0.05) is 0 Å². The maximum absolute atomic E-state index is 9.11.